The molecule has 1 aliphatic heterocycles. The molecule has 2 aromatic heterocycles. The third-order valence-corrected chi connectivity index (χ3v) is 12.7. The molecule has 4 nitrogen and oxygen atoms in total. The highest BCUT2D eigenvalue weighted by atomic mass is 16.5. The standard InChI is InChI=1S/C59H39N3O/c1-38-33-46(31-32-60-38)44-18-12-17-43(34-44)45-27-29-49-48-19-8-9-20-50(48)59(53(49)35-45)51-21-10-11-22-56(51)63-57-36-47(28-30-52(57)59)55-37-54(41-15-6-3-7-16-41)61-58(62-55)42-25-23-40(24-26-42)39-13-4-2-5-14-39/h2-37H,1H3. The van der Waals surface area contributed by atoms with Gasteiger partial charge in [-0.25, -0.2) is 9.97 Å². The molecule has 0 fully saturated rings. The van der Waals surface area contributed by atoms with Crippen molar-refractivity contribution in [3.05, 3.63) is 246 Å². The van der Waals surface area contributed by atoms with Crippen LogP contribution in [0.1, 0.15) is 27.9 Å². The molecule has 0 bridgehead atoms. The van der Waals surface area contributed by atoms with Crippen molar-refractivity contribution < 1.29 is 4.74 Å². The summed E-state index contributed by atoms with van der Waals surface area (Å²) in [6.45, 7) is 2.04. The van der Waals surface area contributed by atoms with Gasteiger partial charge < -0.3 is 4.74 Å². The Bertz CT molecular complexity index is 3380. The molecule has 10 aromatic rings. The van der Waals surface area contributed by atoms with Gasteiger partial charge in [0.25, 0.3) is 0 Å². The predicted octanol–water partition coefficient (Wildman–Crippen LogP) is 14.7. The summed E-state index contributed by atoms with van der Waals surface area (Å²) < 4.78 is 6.98. The molecule has 2 aliphatic rings. The minimum atomic E-state index is -0.628. The van der Waals surface area contributed by atoms with E-state index < -0.39 is 5.41 Å². The van der Waals surface area contributed by atoms with Crippen molar-refractivity contribution in [2.45, 2.75) is 12.3 Å². The number of nitrogens with zero attached hydrogens (tertiary/aromatic N) is 3. The highest BCUT2D eigenvalue weighted by Gasteiger charge is 2.51. The number of pyridine rings is 1. The van der Waals surface area contributed by atoms with Gasteiger partial charge in [-0.3, -0.25) is 4.98 Å². The van der Waals surface area contributed by atoms with Crippen LogP contribution in [0.3, 0.4) is 0 Å². The van der Waals surface area contributed by atoms with Crippen molar-refractivity contribution in [2.75, 3.05) is 0 Å². The second kappa shape index (κ2) is 14.8. The maximum absolute atomic E-state index is 6.98. The number of ether oxygens (including phenoxy) is 1. The normalized spacial score (nSPS) is 14.3. The fourth-order valence-electron chi connectivity index (χ4n) is 9.77. The first-order valence-electron chi connectivity index (χ1n) is 21.4. The number of rotatable bonds is 6. The molecular formula is C59H39N3O. The minimum absolute atomic E-state index is 0.628. The van der Waals surface area contributed by atoms with Gasteiger partial charge in [0.05, 0.1) is 16.8 Å². The second-order valence-electron chi connectivity index (χ2n) is 16.4. The van der Waals surface area contributed by atoms with Crippen LogP contribution in [-0.2, 0) is 5.41 Å². The molecule has 4 heteroatoms. The highest BCUT2D eigenvalue weighted by molar-refractivity contribution is 5.91. The maximum Gasteiger partial charge on any atom is 0.160 e. The maximum atomic E-state index is 6.98. The molecule has 1 aliphatic carbocycles. The zero-order valence-electron chi connectivity index (χ0n) is 34.5. The largest absolute Gasteiger partial charge is 0.457 e. The van der Waals surface area contributed by atoms with E-state index in [0.717, 1.165) is 78.7 Å². The predicted molar refractivity (Wildman–Crippen MR) is 255 cm³/mol. The van der Waals surface area contributed by atoms with Crippen LogP contribution >= 0.6 is 0 Å². The Balaban J connectivity index is 1.02. The summed E-state index contributed by atoms with van der Waals surface area (Å²) in [7, 11) is 0. The van der Waals surface area contributed by atoms with Gasteiger partial charge in [0.15, 0.2) is 5.82 Å². The molecule has 1 atom stereocenters. The molecule has 0 amide bonds. The van der Waals surface area contributed by atoms with Crippen LogP contribution in [0.2, 0.25) is 0 Å². The summed E-state index contributed by atoms with van der Waals surface area (Å²) in [6, 6.07) is 75.5. The van der Waals surface area contributed by atoms with Gasteiger partial charge in [0, 0.05) is 39.7 Å². The summed E-state index contributed by atoms with van der Waals surface area (Å²) in [6.07, 6.45) is 1.88. The first kappa shape index (κ1) is 36.6. The second-order valence-corrected chi connectivity index (χ2v) is 16.4. The van der Waals surface area contributed by atoms with E-state index in [9.17, 15) is 0 Å². The number of hydrogen-bond donors (Lipinski definition) is 0. The van der Waals surface area contributed by atoms with Crippen LogP contribution < -0.4 is 4.74 Å². The quantitative estimate of drug-likeness (QED) is 0.168. The van der Waals surface area contributed by atoms with Crippen molar-refractivity contribution >= 4 is 0 Å². The lowest BCUT2D eigenvalue weighted by Crippen LogP contribution is -2.32. The Kier molecular flexibility index (Phi) is 8.58. The average Bonchev–Trinajstić information content (AvgIpc) is 3.64. The Morgan fingerprint density at radius 1 is 0.349 bits per heavy atom. The summed E-state index contributed by atoms with van der Waals surface area (Å²) >= 11 is 0. The van der Waals surface area contributed by atoms with Crippen LogP contribution in [0, 0.1) is 6.92 Å². The summed E-state index contributed by atoms with van der Waals surface area (Å²) in [5.74, 6) is 2.32. The van der Waals surface area contributed by atoms with E-state index in [4.69, 9.17) is 14.7 Å². The lowest BCUT2D eigenvalue weighted by Gasteiger charge is -2.39. The van der Waals surface area contributed by atoms with Crippen LogP contribution in [0.4, 0.5) is 0 Å². The number of aromatic nitrogens is 3. The first-order chi connectivity index (χ1) is 31.1. The van der Waals surface area contributed by atoms with Crippen molar-refractivity contribution in [3.63, 3.8) is 0 Å². The molecule has 0 saturated heterocycles. The van der Waals surface area contributed by atoms with Gasteiger partial charge in [0.1, 0.15) is 11.5 Å². The molecule has 0 N–H and O–H groups in total. The van der Waals surface area contributed by atoms with E-state index in [0.29, 0.717) is 5.82 Å². The number of benzene rings is 8. The van der Waals surface area contributed by atoms with Crippen LogP contribution in [0.15, 0.2) is 219 Å². The van der Waals surface area contributed by atoms with Gasteiger partial charge in [-0.15, -0.1) is 0 Å². The third-order valence-electron chi connectivity index (χ3n) is 12.7. The van der Waals surface area contributed by atoms with Gasteiger partial charge >= 0.3 is 0 Å². The fourth-order valence-corrected chi connectivity index (χ4v) is 9.77. The van der Waals surface area contributed by atoms with Crippen LogP contribution in [-0.4, -0.2) is 15.0 Å². The summed E-state index contributed by atoms with van der Waals surface area (Å²) in [4.78, 5) is 14.8. The van der Waals surface area contributed by atoms with Crippen molar-refractivity contribution in [2.24, 2.45) is 0 Å². The molecule has 0 radical (unpaired) electrons. The molecule has 1 spiro atoms. The van der Waals surface area contributed by atoms with Crippen LogP contribution in [0.25, 0.3) is 78.4 Å². The molecule has 8 aromatic carbocycles. The van der Waals surface area contributed by atoms with Crippen molar-refractivity contribution in [1.82, 2.24) is 15.0 Å². The summed E-state index contributed by atoms with van der Waals surface area (Å²) in [5.41, 5.74) is 19.1. The molecule has 12 rings (SSSR count). The molecule has 3 heterocycles. The SMILES string of the molecule is Cc1cc(-c2cccc(-c3ccc4c(c3)C3(c5ccccc5Oc5cc(-c6cc(-c7ccccc7)nc(-c7ccc(-c8ccccc8)cc7)n6)ccc53)c3ccccc3-4)c2)ccn1. The monoisotopic (exact) mass is 805 g/mol. The van der Waals surface area contributed by atoms with E-state index in [1.54, 1.807) is 0 Å². The van der Waals surface area contributed by atoms with E-state index in [1.165, 1.54) is 33.4 Å². The smallest absolute Gasteiger partial charge is 0.160 e. The molecular weight excluding hydrogens is 767 g/mol. The Morgan fingerprint density at radius 3 is 1.68 bits per heavy atom. The summed E-state index contributed by atoms with van der Waals surface area (Å²) in [5, 5.41) is 0. The van der Waals surface area contributed by atoms with E-state index in [-0.39, 0.29) is 0 Å². The van der Waals surface area contributed by atoms with E-state index >= 15 is 0 Å². The molecule has 63 heavy (non-hydrogen) atoms. The molecule has 1 unspecified atom stereocenters. The number of fused-ring (bicyclic) bond motifs is 9. The molecule has 0 saturated carbocycles. The topological polar surface area (TPSA) is 47.9 Å². The third kappa shape index (κ3) is 6.10. The fraction of sp³-hybridized carbons (Fsp3) is 0.0339. The zero-order chi connectivity index (χ0) is 41.9. The number of para-hydroxylation sites is 1. The Hall–Kier alpha value is -8.21. The lowest BCUT2D eigenvalue weighted by molar-refractivity contribution is 0.436. The van der Waals surface area contributed by atoms with Gasteiger partial charge in [-0.1, -0.05) is 170 Å². The Labute approximate surface area is 366 Å². The van der Waals surface area contributed by atoms with Gasteiger partial charge in [-0.05, 0) is 105 Å². The van der Waals surface area contributed by atoms with E-state index in [2.05, 4.69) is 205 Å². The van der Waals surface area contributed by atoms with Crippen molar-refractivity contribution in [1.29, 1.82) is 0 Å². The minimum Gasteiger partial charge on any atom is -0.457 e. The highest BCUT2D eigenvalue weighted by Crippen LogP contribution is 2.62. The van der Waals surface area contributed by atoms with Crippen molar-refractivity contribution in [3.8, 4) is 89.9 Å². The zero-order valence-corrected chi connectivity index (χ0v) is 34.5. The van der Waals surface area contributed by atoms with Gasteiger partial charge in [0.2, 0.25) is 0 Å². The van der Waals surface area contributed by atoms with E-state index in [1.807, 2.05) is 25.3 Å². The Morgan fingerprint density at radius 2 is 0.905 bits per heavy atom. The number of hydrogen-bond acceptors (Lipinski definition) is 4. The average molecular weight is 806 g/mol. The van der Waals surface area contributed by atoms with Crippen LogP contribution in [0.5, 0.6) is 11.5 Å². The number of aryl methyl sites for hydroxylation is 1. The lowest BCUT2D eigenvalue weighted by atomic mass is 9.65. The first-order valence-corrected chi connectivity index (χ1v) is 21.4. The molecule has 296 valence electrons. The van der Waals surface area contributed by atoms with Gasteiger partial charge in [-0.2, -0.15) is 0 Å².